The number of nitrogens with zero attached hydrogens (tertiary/aromatic N) is 2. The Morgan fingerprint density at radius 1 is 1.14 bits per heavy atom. The fourth-order valence-electron chi connectivity index (χ4n) is 2.58. The van der Waals surface area contributed by atoms with Gasteiger partial charge in [0, 0.05) is 17.3 Å². The molecule has 1 unspecified atom stereocenters. The molecule has 0 saturated carbocycles. The summed E-state index contributed by atoms with van der Waals surface area (Å²) in [4.78, 5) is 17.1. The van der Waals surface area contributed by atoms with Crippen molar-refractivity contribution in [2.75, 3.05) is 25.4 Å². The van der Waals surface area contributed by atoms with Crippen molar-refractivity contribution in [1.82, 2.24) is 9.66 Å². The minimum Gasteiger partial charge on any atom is -0.493 e. The first-order valence-corrected chi connectivity index (χ1v) is 9.49. The van der Waals surface area contributed by atoms with Crippen molar-refractivity contribution in [3.05, 3.63) is 54.7 Å². The summed E-state index contributed by atoms with van der Waals surface area (Å²) in [5.41, 5.74) is 2.35. The Morgan fingerprint density at radius 3 is 2.54 bits per heavy atom. The number of methoxy groups -OCH3 is 2. The fourth-order valence-corrected chi connectivity index (χ4v) is 3.39. The van der Waals surface area contributed by atoms with Gasteiger partial charge in [-0.05, 0) is 19.1 Å². The number of carbonyl (C=O) groups is 1. The zero-order valence-corrected chi connectivity index (χ0v) is 16.7. The number of hydrogen-bond acceptors (Lipinski definition) is 6. The van der Waals surface area contributed by atoms with Gasteiger partial charge >= 0.3 is 0 Å². The van der Waals surface area contributed by atoms with Crippen molar-refractivity contribution in [3.63, 3.8) is 0 Å². The summed E-state index contributed by atoms with van der Waals surface area (Å²) in [6, 6.07) is 15.0. The van der Waals surface area contributed by atoms with E-state index in [4.69, 9.17) is 15.3 Å². The molecule has 8 heteroatoms. The summed E-state index contributed by atoms with van der Waals surface area (Å²) < 4.78 is 11.9. The number of nitrogen functional groups attached to an aromatic ring is 1. The molecular formula is C20H22N4O3S. The lowest BCUT2D eigenvalue weighted by Gasteiger charge is -2.13. The minimum atomic E-state index is -0.401. The molecule has 0 fully saturated rings. The summed E-state index contributed by atoms with van der Waals surface area (Å²) in [6.45, 7) is 1.80. The molecule has 3 rings (SSSR count). The number of ether oxygens (including phenoxy) is 2. The standard InChI is InChI=1S/C20H22N4O3S/c1-13(19(25)22-15-9-10-17(26-2)18(11-15)27-3)28-20-23-16(12-24(20)21)14-7-5-4-6-8-14/h4-13H,21H2,1-3H3,(H,22,25). The largest absolute Gasteiger partial charge is 0.493 e. The summed E-state index contributed by atoms with van der Waals surface area (Å²) in [7, 11) is 3.11. The van der Waals surface area contributed by atoms with Gasteiger partial charge in [0.2, 0.25) is 5.91 Å². The highest BCUT2D eigenvalue weighted by Gasteiger charge is 2.19. The number of benzene rings is 2. The first kappa shape index (κ1) is 19.6. The number of anilines is 1. The third kappa shape index (κ3) is 4.40. The fraction of sp³-hybridized carbons (Fsp3) is 0.200. The first-order valence-electron chi connectivity index (χ1n) is 8.61. The zero-order valence-electron chi connectivity index (χ0n) is 15.9. The average Bonchev–Trinajstić information content (AvgIpc) is 3.08. The number of carbonyl (C=O) groups excluding carboxylic acids is 1. The highest BCUT2D eigenvalue weighted by atomic mass is 32.2. The lowest BCUT2D eigenvalue weighted by atomic mass is 10.2. The molecule has 0 aliphatic rings. The maximum atomic E-state index is 12.6. The maximum absolute atomic E-state index is 12.6. The molecule has 1 amide bonds. The van der Waals surface area contributed by atoms with E-state index in [0.29, 0.717) is 22.3 Å². The van der Waals surface area contributed by atoms with Crippen LogP contribution >= 0.6 is 11.8 Å². The number of amides is 1. The predicted octanol–water partition coefficient (Wildman–Crippen LogP) is 3.40. The highest BCUT2D eigenvalue weighted by Crippen LogP contribution is 2.31. The number of imidazole rings is 1. The lowest BCUT2D eigenvalue weighted by molar-refractivity contribution is -0.115. The SMILES string of the molecule is COc1ccc(NC(=O)C(C)Sc2nc(-c3ccccc3)cn2N)cc1OC. The van der Waals surface area contributed by atoms with Gasteiger partial charge in [0.25, 0.3) is 0 Å². The van der Waals surface area contributed by atoms with Crippen molar-refractivity contribution in [1.29, 1.82) is 0 Å². The molecule has 0 bridgehead atoms. The molecule has 0 spiro atoms. The molecule has 1 heterocycles. The minimum absolute atomic E-state index is 0.165. The van der Waals surface area contributed by atoms with Gasteiger partial charge in [0.15, 0.2) is 16.7 Å². The molecule has 0 saturated heterocycles. The second kappa shape index (κ2) is 8.71. The van der Waals surface area contributed by atoms with Crippen LogP contribution in [0.4, 0.5) is 5.69 Å². The summed E-state index contributed by atoms with van der Waals surface area (Å²) in [5, 5.41) is 3.03. The quantitative estimate of drug-likeness (QED) is 0.468. The molecule has 1 aromatic heterocycles. The molecule has 7 nitrogen and oxygen atoms in total. The Bertz CT molecular complexity index is 959. The van der Waals surface area contributed by atoms with Crippen LogP contribution in [-0.2, 0) is 4.79 Å². The van der Waals surface area contributed by atoms with Gasteiger partial charge in [-0.25, -0.2) is 9.66 Å². The van der Waals surface area contributed by atoms with Crippen molar-refractivity contribution in [2.45, 2.75) is 17.3 Å². The number of thioether (sulfide) groups is 1. The van der Waals surface area contributed by atoms with Gasteiger partial charge in [0.1, 0.15) is 0 Å². The molecule has 0 aliphatic carbocycles. The van der Waals surface area contributed by atoms with Crippen molar-refractivity contribution >= 4 is 23.4 Å². The molecule has 3 aromatic rings. The lowest BCUT2D eigenvalue weighted by Crippen LogP contribution is -2.23. The Morgan fingerprint density at radius 2 is 1.86 bits per heavy atom. The van der Waals surface area contributed by atoms with Gasteiger partial charge in [-0.2, -0.15) is 0 Å². The van der Waals surface area contributed by atoms with Gasteiger partial charge < -0.3 is 20.6 Å². The molecular weight excluding hydrogens is 376 g/mol. The Kier molecular flexibility index (Phi) is 6.10. The van der Waals surface area contributed by atoms with E-state index in [1.165, 1.54) is 16.4 Å². The average molecular weight is 398 g/mol. The molecule has 0 aliphatic heterocycles. The number of hydrogen-bond donors (Lipinski definition) is 2. The number of nitrogens with one attached hydrogen (secondary N) is 1. The van der Waals surface area contributed by atoms with Crippen LogP contribution in [0.25, 0.3) is 11.3 Å². The Labute approximate surface area is 167 Å². The van der Waals surface area contributed by atoms with Crippen LogP contribution in [0.15, 0.2) is 59.9 Å². The van der Waals surface area contributed by atoms with Crippen LogP contribution in [0.1, 0.15) is 6.92 Å². The molecule has 2 aromatic carbocycles. The molecule has 28 heavy (non-hydrogen) atoms. The molecule has 146 valence electrons. The molecule has 1 atom stereocenters. The highest BCUT2D eigenvalue weighted by molar-refractivity contribution is 8.00. The van der Waals surface area contributed by atoms with E-state index in [9.17, 15) is 4.79 Å². The van der Waals surface area contributed by atoms with Gasteiger partial charge in [-0.15, -0.1) is 0 Å². The van der Waals surface area contributed by atoms with E-state index in [0.717, 1.165) is 11.3 Å². The summed E-state index contributed by atoms with van der Waals surface area (Å²) in [5.74, 6) is 7.00. The third-order valence-electron chi connectivity index (χ3n) is 4.07. The Hall–Kier alpha value is -3.13. The van der Waals surface area contributed by atoms with E-state index in [1.54, 1.807) is 45.5 Å². The second-order valence-corrected chi connectivity index (χ2v) is 7.31. The number of rotatable bonds is 7. The van der Waals surface area contributed by atoms with Crippen molar-refractivity contribution in [3.8, 4) is 22.8 Å². The van der Waals surface area contributed by atoms with E-state index in [2.05, 4.69) is 10.3 Å². The van der Waals surface area contributed by atoms with Crippen LogP contribution in [0.5, 0.6) is 11.5 Å². The van der Waals surface area contributed by atoms with E-state index in [1.807, 2.05) is 30.3 Å². The molecule has 3 N–H and O–H groups in total. The summed E-state index contributed by atoms with van der Waals surface area (Å²) in [6.07, 6.45) is 1.75. The smallest absolute Gasteiger partial charge is 0.237 e. The number of nitrogens with two attached hydrogens (primary N) is 1. The third-order valence-corrected chi connectivity index (χ3v) is 5.15. The normalized spacial score (nSPS) is 11.7. The number of aromatic nitrogens is 2. The van der Waals surface area contributed by atoms with E-state index >= 15 is 0 Å². The topological polar surface area (TPSA) is 91.4 Å². The van der Waals surface area contributed by atoms with E-state index in [-0.39, 0.29) is 5.91 Å². The maximum Gasteiger partial charge on any atom is 0.237 e. The van der Waals surface area contributed by atoms with Gasteiger partial charge in [0.05, 0.1) is 31.4 Å². The van der Waals surface area contributed by atoms with E-state index < -0.39 is 5.25 Å². The van der Waals surface area contributed by atoms with Gasteiger partial charge in [-0.3, -0.25) is 4.79 Å². The van der Waals surface area contributed by atoms with Crippen LogP contribution in [0.2, 0.25) is 0 Å². The van der Waals surface area contributed by atoms with Crippen LogP contribution in [-0.4, -0.2) is 35.0 Å². The Balaban J connectivity index is 1.69. The van der Waals surface area contributed by atoms with Crippen molar-refractivity contribution < 1.29 is 14.3 Å². The monoisotopic (exact) mass is 398 g/mol. The predicted molar refractivity (Wildman–Crippen MR) is 111 cm³/mol. The van der Waals surface area contributed by atoms with Gasteiger partial charge in [-0.1, -0.05) is 42.1 Å². The first-order chi connectivity index (χ1) is 13.5. The summed E-state index contributed by atoms with van der Waals surface area (Å²) >= 11 is 1.29. The molecule has 0 radical (unpaired) electrons. The zero-order chi connectivity index (χ0) is 20.1. The van der Waals surface area contributed by atoms with Crippen LogP contribution in [0, 0.1) is 0 Å². The van der Waals surface area contributed by atoms with Crippen molar-refractivity contribution in [2.24, 2.45) is 0 Å². The van der Waals surface area contributed by atoms with Crippen LogP contribution in [0.3, 0.4) is 0 Å². The van der Waals surface area contributed by atoms with Crippen LogP contribution < -0.4 is 20.6 Å². The second-order valence-electron chi connectivity index (χ2n) is 6.00.